The molecule has 0 radical (unpaired) electrons. The molecule has 1 saturated heterocycles. The second-order valence-electron chi connectivity index (χ2n) is 4.65. The molecule has 0 saturated carbocycles. The summed E-state index contributed by atoms with van der Waals surface area (Å²) in [4.78, 5) is 9.56. The second-order valence-corrected chi connectivity index (χ2v) is 6.57. The minimum Gasteiger partial charge on any atom is -0.360 e. The fourth-order valence-corrected chi connectivity index (χ4v) is 3.32. The molecule has 2 heterocycles. The molecule has 20 heavy (non-hydrogen) atoms. The van der Waals surface area contributed by atoms with Crippen molar-refractivity contribution in [3.8, 4) is 0 Å². The van der Waals surface area contributed by atoms with E-state index in [9.17, 15) is 0 Å². The number of piperazine rings is 1. The molecule has 112 valence electrons. The van der Waals surface area contributed by atoms with Crippen LogP contribution in [0.15, 0.2) is 22.5 Å². The molecule has 1 aliphatic rings. The number of guanidine groups is 1. The lowest BCUT2D eigenvalue weighted by Crippen LogP contribution is -2.52. The normalized spacial score (nSPS) is 16.6. The number of nitrogens with one attached hydrogen (secondary N) is 1. The molecule has 0 atom stereocenters. The van der Waals surface area contributed by atoms with Gasteiger partial charge in [0.25, 0.3) is 0 Å². The van der Waals surface area contributed by atoms with Crippen molar-refractivity contribution in [3.05, 3.63) is 17.5 Å². The smallest absolute Gasteiger partial charge is 0.194 e. The first-order valence-electron chi connectivity index (χ1n) is 7.15. The van der Waals surface area contributed by atoms with Crippen LogP contribution in [0.5, 0.6) is 0 Å². The molecule has 0 spiro atoms. The van der Waals surface area contributed by atoms with Crippen molar-refractivity contribution in [2.45, 2.75) is 6.92 Å². The molecule has 1 aromatic heterocycles. The summed E-state index contributed by atoms with van der Waals surface area (Å²) in [5.74, 6) is 2.16. The zero-order valence-corrected chi connectivity index (χ0v) is 14.0. The molecule has 6 heteroatoms. The molecular formula is C14H24N4S2. The number of hydrogen-bond acceptors (Lipinski definition) is 4. The molecule has 1 aliphatic heterocycles. The van der Waals surface area contributed by atoms with Gasteiger partial charge < -0.3 is 15.1 Å². The first-order chi connectivity index (χ1) is 9.85. The Morgan fingerprint density at radius 1 is 1.40 bits per heavy atom. The Labute approximate surface area is 130 Å². The highest BCUT2D eigenvalue weighted by molar-refractivity contribution is 7.98. The summed E-state index contributed by atoms with van der Waals surface area (Å²) >= 11 is 3.67. The van der Waals surface area contributed by atoms with E-state index >= 15 is 0 Å². The third kappa shape index (κ3) is 4.31. The van der Waals surface area contributed by atoms with Crippen molar-refractivity contribution in [2.75, 3.05) is 56.2 Å². The van der Waals surface area contributed by atoms with Crippen LogP contribution in [0, 0.1) is 0 Å². The molecule has 0 bridgehead atoms. The summed E-state index contributed by atoms with van der Waals surface area (Å²) in [6.07, 6.45) is 2.13. The van der Waals surface area contributed by atoms with E-state index in [1.54, 1.807) is 0 Å². The van der Waals surface area contributed by atoms with Gasteiger partial charge >= 0.3 is 0 Å². The number of anilines is 1. The molecule has 0 amide bonds. The molecule has 2 rings (SSSR count). The van der Waals surface area contributed by atoms with Crippen LogP contribution >= 0.6 is 23.1 Å². The Bertz CT molecular complexity index is 397. The summed E-state index contributed by atoms with van der Waals surface area (Å²) in [5, 5.41) is 6.94. The number of thiophene rings is 1. The Hall–Kier alpha value is -0.880. The van der Waals surface area contributed by atoms with E-state index in [0.717, 1.165) is 51.0 Å². The van der Waals surface area contributed by atoms with Crippen molar-refractivity contribution < 1.29 is 0 Å². The quantitative estimate of drug-likeness (QED) is 0.513. The topological polar surface area (TPSA) is 30.9 Å². The standard InChI is InChI=1S/C14H24N4S2/c1-3-15-14(16-6-12-19-2)18-9-7-17(8-10-18)13-5-4-11-20-13/h4-5,11H,3,6-10,12H2,1-2H3,(H,15,16). The highest BCUT2D eigenvalue weighted by Crippen LogP contribution is 2.22. The average Bonchev–Trinajstić information content (AvgIpc) is 3.01. The second kappa shape index (κ2) is 8.42. The Morgan fingerprint density at radius 2 is 2.20 bits per heavy atom. The Balaban J connectivity index is 1.88. The van der Waals surface area contributed by atoms with Gasteiger partial charge in [0, 0.05) is 38.5 Å². The van der Waals surface area contributed by atoms with Gasteiger partial charge in [-0.2, -0.15) is 11.8 Å². The van der Waals surface area contributed by atoms with E-state index in [1.165, 1.54) is 5.00 Å². The first-order valence-corrected chi connectivity index (χ1v) is 9.43. The molecule has 1 N–H and O–H groups in total. The van der Waals surface area contributed by atoms with E-state index in [1.807, 2.05) is 23.1 Å². The van der Waals surface area contributed by atoms with Crippen molar-refractivity contribution in [2.24, 2.45) is 4.99 Å². The zero-order chi connectivity index (χ0) is 14.2. The highest BCUT2D eigenvalue weighted by Gasteiger charge is 2.19. The predicted molar refractivity (Wildman–Crippen MR) is 92.5 cm³/mol. The van der Waals surface area contributed by atoms with Gasteiger partial charge in [-0.05, 0) is 30.7 Å². The Kier molecular flexibility index (Phi) is 6.53. The summed E-state index contributed by atoms with van der Waals surface area (Å²) < 4.78 is 0. The average molecular weight is 313 g/mol. The number of nitrogens with zero attached hydrogens (tertiary/aromatic N) is 3. The molecule has 0 aromatic carbocycles. The van der Waals surface area contributed by atoms with Gasteiger partial charge in [0.2, 0.25) is 0 Å². The fraction of sp³-hybridized carbons (Fsp3) is 0.643. The van der Waals surface area contributed by atoms with Crippen LogP contribution in [0.4, 0.5) is 5.00 Å². The number of hydrogen-bond donors (Lipinski definition) is 1. The van der Waals surface area contributed by atoms with Gasteiger partial charge in [-0.25, -0.2) is 0 Å². The molecule has 0 aliphatic carbocycles. The van der Waals surface area contributed by atoms with Gasteiger partial charge in [0.05, 0.1) is 11.5 Å². The van der Waals surface area contributed by atoms with Crippen LogP contribution in [-0.2, 0) is 0 Å². The maximum atomic E-state index is 4.71. The Morgan fingerprint density at radius 3 is 2.80 bits per heavy atom. The monoisotopic (exact) mass is 312 g/mol. The lowest BCUT2D eigenvalue weighted by atomic mass is 10.3. The molecule has 0 unspecified atom stereocenters. The number of rotatable bonds is 5. The largest absolute Gasteiger partial charge is 0.360 e. The van der Waals surface area contributed by atoms with Crippen molar-refractivity contribution in [1.29, 1.82) is 0 Å². The van der Waals surface area contributed by atoms with Crippen LogP contribution in [0.2, 0.25) is 0 Å². The van der Waals surface area contributed by atoms with Gasteiger partial charge in [-0.1, -0.05) is 0 Å². The highest BCUT2D eigenvalue weighted by atomic mass is 32.2. The van der Waals surface area contributed by atoms with E-state index < -0.39 is 0 Å². The summed E-state index contributed by atoms with van der Waals surface area (Å²) in [5.41, 5.74) is 0. The number of thioether (sulfide) groups is 1. The van der Waals surface area contributed by atoms with Crippen molar-refractivity contribution in [1.82, 2.24) is 10.2 Å². The van der Waals surface area contributed by atoms with Crippen LogP contribution < -0.4 is 10.2 Å². The van der Waals surface area contributed by atoms with E-state index in [4.69, 9.17) is 4.99 Å². The first kappa shape index (κ1) is 15.5. The molecular weight excluding hydrogens is 288 g/mol. The predicted octanol–water partition coefficient (Wildman–Crippen LogP) is 2.20. The fourth-order valence-electron chi connectivity index (χ4n) is 2.26. The lowest BCUT2D eigenvalue weighted by Gasteiger charge is -2.37. The number of aliphatic imine (C=N–C) groups is 1. The lowest BCUT2D eigenvalue weighted by molar-refractivity contribution is 0.374. The van der Waals surface area contributed by atoms with E-state index in [-0.39, 0.29) is 0 Å². The van der Waals surface area contributed by atoms with Crippen LogP contribution in [0.1, 0.15) is 6.92 Å². The van der Waals surface area contributed by atoms with Crippen LogP contribution in [0.25, 0.3) is 0 Å². The minimum atomic E-state index is 0.897. The van der Waals surface area contributed by atoms with Crippen LogP contribution in [-0.4, -0.2) is 62.1 Å². The van der Waals surface area contributed by atoms with Crippen molar-refractivity contribution in [3.63, 3.8) is 0 Å². The third-order valence-corrected chi connectivity index (χ3v) is 4.81. The third-order valence-electron chi connectivity index (χ3n) is 3.29. The SMILES string of the molecule is CCNC(=NCCSC)N1CCN(c2cccs2)CC1. The van der Waals surface area contributed by atoms with E-state index in [0.29, 0.717) is 0 Å². The molecule has 1 aromatic rings. The van der Waals surface area contributed by atoms with Gasteiger partial charge in [0.15, 0.2) is 5.96 Å². The summed E-state index contributed by atoms with van der Waals surface area (Å²) in [6, 6.07) is 4.33. The maximum absolute atomic E-state index is 4.71. The summed E-state index contributed by atoms with van der Waals surface area (Å²) in [7, 11) is 0. The van der Waals surface area contributed by atoms with E-state index in [2.05, 4.69) is 45.8 Å². The molecule has 1 fully saturated rings. The van der Waals surface area contributed by atoms with Gasteiger partial charge in [0.1, 0.15) is 0 Å². The zero-order valence-electron chi connectivity index (χ0n) is 12.3. The maximum Gasteiger partial charge on any atom is 0.194 e. The minimum absolute atomic E-state index is 0.897. The summed E-state index contributed by atoms with van der Waals surface area (Å²) in [6.45, 7) is 8.21. The van der Waals surface area contributed by atoms with Gasteiger partial charge in [-0.15, -0.1) is 11.3 Å². The van der Waals surface area contributed by atoms with Gasteiger partial charge in [-0.3, -0.25) is 4.99 Å². The van der Waals surface area contributed by atoms with Crippen LogP contribution in [0.3, 0.4) is 0 Å². The molecule has 4 nitrogen and oxygen atoms in total. The van der Waals surface area contributed by atoms with Crippen molar-refractivity contribution >= 4 is 34.1 Å².